The van der Waals surface area contributed by atoms with Gasteiger partial charge in [0.25, 0.3) is 5.89 Å². The molecule has 21 heavy (non-hydrogen) atoms. The van der Waals surface area contributed by atoms with Gasteiger partial charge < -0.3 is 9.84 Å². The fourth-order valence-corrected chi connectivity index (χ4v) is 3.31. The van der Waals surface area contributed by atoms with Gasteiger partial charge in [0.1, 0.15) is 0 Å². The number of hydrogen-bond acceptors (Lipinski definition) is 4. The van der Waals surface area contributed by atoms with Crippen LogP contribution in [0.15, 0.2) is 16.7 Å². The first-order valence-electron chi connectivity index (χ1n) is 7.75. The molecule has 3 rings (SSSR count). The Balaban J connectivity index is 1.81. The molecule has 1 atom stereocenters. The molecule has 1 saturated heterocycles. The highest BCUT2D eigenvalue weighted by atomic mass is 16.5. The predicted molar refractivity (Wildman–Crippen MR) is 83.2 cm³/mol. The number of hydrogen-bond donors (Lipinski definition) is 1. The summed E-state index contributed by atoms with van der Waals surface area (Å²) >= 11 is 0. The van der Waals surface area contributed by atoms with E-state index in [0.717, 1.165) is 30.9 Å². The Morgan fingerprint density at radius 1 is 1.24 bits per heavy atom. The Morgan fingerprint density at radius 2 is 2.00 bits per heavy atom. The summed E-state index contributed by atoms with van der Waals surface area (Å²) in [5.41, 5.74) is 4.74. The molecule has 1 aliphatic rings. The summed E-state index contributed by atoms with van der Waals surface area (Å²) in [6.45, 7) is 8.51. The minimum absolute atomic E-state index is 0.629. The van der Waals surface area contributed by atoms with E-state index in [9.17, 15) is 0 Å². The van der Waals surface area contributed by atoms with E-state index < -0.39 is 0 Å². The SMILES string of the molecule is Cc1cc(C)c(-c2nc(CC3CCCNC3)no2)c(C)c1. The highest BCUT2D eigenvalue weighted by Gasteiger charge is 2.19. The topological polar surface area (TPSA) is 51.0 Å². The Bertz CT molecular complexity index is 604. The maximum absolute atomic E-state index is 5.51. The third-order valence-corrected chi connectivity index (χ3v) is 4.23. The van der Waals surface area contributed by atoms with Gasteiger partial charge in [-0.3, -0.25) is 0 Å². The lowest BCUT2D eigenvalue weighted by molar-refractivity contribution is 0.360. The Labute approximate surface area is 126 Å². The third kappa shape index (κ3) is 3.16. The van der Waals surface area contributed by atoms with Crippen molar-refractivity contribution in [2.45, 2.75) is 40.0 Å². The average molecular weight is 285 g/mol. The van der Waals surface area contributed by atoms with E-state index >= 15 is 0 Å². The summed E-state index contributed by atoms with van der Waals surface area (Å²) in [4.78, 5) is 4.62. The molecular weight excluding hydrogens is 262 g/mol. The standard InChI is InChI=1S/C17H23N3O/c1-11-7-12(2)16(13(3)8-11)17-19-15(20-21-17)9-14-5-4-6-18-10-14/h7-8,14,18H,4-6,9-10H2,1-3H3. The van der Waals surface area contributed by atoms with Crippen molar-refractivity contribution in [3.05, 3.63) is 34.6 Å². The molecule has 2 aromatic rings. The minimum Gasteiger partial charge on any atom is -0.334 e. The zero-order valence-corrected chi connectivity index (χ0v) is 13.1. The van der Waals surface area contributed by atoms with Crippen LogP contribution in [0.25, 0.3) is 11.5 Å². The van der Waals surface area contributed by atoms with Gasteiger partial charge in [0.05, 0.1) is 0 Å². The van der Waals surface area contributed by atoms with Crippen LogP contribution in [0.5, 0.6) is 0 Å². The quantitative estimate of drug-likeness (QED) is 0.941. The molecule has 1 fully saturated rings. The molecular formula is C17H23N3O. The summed E-state index contributed by atoms with van der Waals surface area (Å²) in [6, 6.07) is 4.33. The van der Waals surface area contributed by atoms with Crippen LogP contribution < -0.4 is 5.32 Å². The monoisotopic (exact) mass is 285 g/mol. The van der Waals surface area contributed by atoms with E-state index in [1.807, 2.05) is 0 Å². The van der Waals surface area contributed by atoms with Crippen LogP contribution in [0.2, 0.25) is 0 Å². The molecule has 112 valence electrons. The number of benzene rings is 1. The lowest BCUT2D eigenvalue weighted by Gasteiger charge is -2.20. The first-order chi connectivity index (χ1) is 10.1. The van der Waals surface area contributed by atoms with Gasteiger partial charge in [-0.2, -0.15) is 4.98 Å². The fraction of sp³-hybridized carbons (Fsp3) is 0.529. The Hall–Kier alpha value is -1.68. The van der Waals surface area contributed by atoms with Crippen molar-refractivity contribution in [1.29, 1.82) is 0 Å². The summed E-state index contributed by atoms with van der Waals surface area (Å²) in [5.74, 6) is 2.12. The highest BCUT2D eigenvalue weighted by molar-refractivity contribution is 5.63. The number of nitrogens with zero attached hydrogens (tertiary/aromatic N) is 2. The molecule has 4 nitrogen and oxygen atoms in total. The molecule has 1 N–H and O–H groups in total. The van der Waals surface area contributed by atoms with E-state index in [1.165, 1.54) is 29.5 Å². The summed E-state index contributed by atoms with van der Waals surface area (Å²) < 4.78 is 5.51. The molecule has 1 aromatic carbocycles. The van der Waals surface area contributed by atoms with Crippen LogP contribution in [0.3, 0.4) is 0 Å². The molecule has 1 aromatic heterocycles. The Kier molecular flexibility index (Phi) is 4.06. The van der Waals surface area contributed by atoms with Crippen LogP contribution >= 0.6 is 0 Å². The summed E-state index contributed by atoms with van der Waals surface area (Å²) in [6.07, 6.45) is 3.39. The third-order valence-electron chi connectivity index (χ3n) is 4.23. The maximum Gasteiger partial charge on any atom is 0.258 e. The molecule has 0 spiro atoms. The number of nitrogens with one attached hydrogen (secondary N) is 1. The van der Waals surface area contributed by atoms with Crippen molar-refractivity contribution in [2.75, 3.05) is 13.1 Å². The van der Waals surface area contributed by atoms with Gasteiger partial charge in [0.15, 0.2) is 5.82 Å². The number of aromatic nitrogens is 2. The predicted octanol–water partition coefficient (Wildman–Crippen LogP) is 3.20. The summed E-state index contributed by atoms with van der Waals surface area (Å²) in [7, 11) is 0. The zero-order chi connectivity index (χ0) is 14.8. The smallest absolute Gasteiger partial charge is 0.258 e. The van der Waals surface area contributed by atoms with Gasteiger partial charge in [-0.1, -0.05) is 22.9 Å². The van der Waals surface area contributed by atoms with Crippen molar-refractivity contribution in [3.63, 3.8) is 0 Å². The first kappa shape index (κ1) is 14.3. The van der Waals surface area contributed by atoms with Crippen LogP contribution in [0.1, 0.15) is 35.4 Å². The molecule has 4 heteroatoms. The zero-order valence-electron chi connectivity index (χ0n) is 13.1. The van der Waals surface area contributed by atoms with E-state index in [-0.39, 0.29) is 0 Å². The summed E-state index contributed by atoms with van der Waals surface area (Å²) in [5, 5.41) is 7.61. The molecule has 1 aliphatic heterocycles. The average Bonchev–Trinajstić information content (AvgIpc) is 2.87. The van der Waals surface area contributed by atoms with Gasteiger partial charge in [-0.05, 0) is 63.7 Å². The second-order valence-corrected chi connectivity index (χ2v) is 6.21. The van der Waals surface area contributed by atoms with E-state index in [1.54, 1.807) is 0 Å². The Morgan fingerprint density at radius 3 is 2.67 bits per heavy atom. The van der Waals surface area contributed by atoms with E-state index in [0.29, 0.717) is 11.8 Å². The van der Waals surface area contributed by atoms with Gasteiger partial charge in [-0.25, -0.2) is 0 Å². The van der Waals surface area contributed by atoms with Crippen LogP contribution in [0, 0.1) is 26.7 Å². The number of aryl methyl sites for hydroxylation is 3. The molecule has 1 unspecified atom stereocenters. The molecule has 0 bridgehead atoms. The van der Waals surface area contributed by atoms with Gasteiger partial charge in [-0.15, -0.1) is 0 Å². The van der Waals surface area contributed by atoms with Crippen molar-refractivity contribution in [1.82, 2.24) is 15.5 Å². The van der Waals surface area contributed by atoms with Gasteiger partial charge in [0.2, 0.25) is 0 Å². The van der Waals surface area contributed by atoms with Crippen molar-refractivity contribution in [3.8, 4) is 11.5 Å². The van der Waals surface area contributed by atoms with Crippen molar-refractivity contribution in [2.24, 2.45) is 5.92 Å². The molecule has 0 aliphatic carbocycles. The van der Waals surface area contributed by atoms with Crippen molar-refractivity contribution < 1.29 is 4.52 Å². The lowest BCUT2D eigenvalue weighted by atomic mass is 9.96. The first-order valence-corrected chi connectivity index (χ1v) is 7.75. The van der Waals surface area contributed by atoms with E-state index in [4.69, 9.17) is 4.52 Å². The van der Waals surface area contributed by atoms with E-state index in [2.05, 4.69) is 48.4 Å². The molecule has 0 radical (unpaired) electrons. The molecule has 0 saturated carbocycles. The maximum atomic E-state index is 5.51. The lowest BCUT2D eigenvalue weighted by Crippen LogP contribution is -2.31. The van der Waals surface area contributed by atoms with Crippen LogP contribution in [0.4, 0.5) is 0 Å². The normalized spacial score (nSPS) is 18.9. The molecule has 0 amide bonds. The van der Waals surface area contributed by atoms with Crippen LogP contribution in [-0.4, -0.2) is 23.2 Å². The van der Waals surface area contributed by atoms with Gasteiger partial charge >= 0.3 is 0 Å². The number of rotatable bonds is 3. The fourth-order valence-electron chi connectivity index (χ4n) is 3.31. The van der Waals surface area contributed by atoms with Crippen LogP contribution in [-0.2, 0) is 6.42 Å². The van der Waals surface area contributed by atoms with Crippen molar-refractivity contribution >= 4 is 0 Å². The highest BCUT2D eigenvalue weighted by Crippen LogP contribution is 2.27. The van der Waals surface area contributed by atoms with Gasteiger partial charge in [0, 0.05) is 12.0 Å². The second-order valence-electron chi connectivity index (χ2n) is 6.21. The number of piperidine rings is 1. The molecule has 2 heterocycles. The largest absolute Gasteiger partial charge is 0.334 e. The minimum atomic E-state index is 0.629. The second kappa shape index (κ2) is 5.98.